The minimum atomic E-state index is 0. The van der Waals surface area contributed by atoms with E-state index < -0.39 is 0 Å². The number of rotatable bonds is 26. The first-order chi connectivity index (χ1) is 18.9. The van der Waals surface area contributed by atoms with E-state index in [0.29, 0.717) is 12.5 Å². The third-order valence-corrected chi connectivity index (χ3v) is 7.64. The summed E-state index contributed by atoms with van der Waals surface area (Å²) in [6.07, 6.45) is 24.7. The van der Waals surface area contributed by atoms with Gasteiger partial charge in [-0.25, -0.2) is 0 Å². The molecule has 0 aliphatic carbocycles. The maximum Gasteiger partial charge on any atom is 1.00 e. The van der Waals surface area contributed by atoms with Crippen molar-refractivity contribution in [1.82, 2.24) is 0 Å². The van der Waals surface area contributed by atoms with Crippen LogP contribution in [0.1, 0.15) is 129 Å². The zero-order chi connectivity index (χ0) is 26.8. The minimum Gasteiger partial charge on any atom is -1.00 e. The van der Waals surface area contributed by atoms with E-state index in [9.17, 15) is 0 Å². The second-order valence-corrected chi connectivity index (χ2v) is 11.3. The second kappa shape index (κ2) is 27.5. The van der Waals surface area contributed by atoms with Crippen molar-refractivity contribution in [1.29, 1.82) is 0 Å². The number of hydrogen-bond donors (Lipinski definition) is 0. The van der Waals surface area contributed by atoms with Crippen molar-refractivity contribution < 1.29 is 40.5 Å². The monoisotopic (exact) mass is 546 g/mol. The summed E-state index contributed by atoms with van der Waals surface area (Å²) >= 11 is 0. The van der Waals surface area contributed by atoms with Gasteiger partial charge in [0.2, 0.25) is 0 Å². The molecule has 0 N–H and O–H groups in total. The molecule has 2 aromatic carbocycles. The van der Waals surface area contributed by atoms with E-state index in [-0.39, 0.29) is 31.0 Å². The Morgan fingerprint density at radius 1 is 0.538 bits per heavy atom. The number of benzene rings is 2. The van der Waals surface area contributed by atoms with Crippen molar-refractivity contribution in [2.75, 3.05) is 19.8 Å². The average Bonchev–Trinajstić information content (AvgIpc) is 2.96. The number of ether oxygens (including phenoxy) is 2. The molecule has 0 aliphatic rings. The van der Waals surface area contributed by atoms with Crippen LogP contribution >= 0.6 is 0 Å². The first-order valence-electron chi connectivity index (χ1n) is 16.1. The van der Waals surface area contributed by atoms with Gasteiger partial charge in [0.25, 0.3) is 0 Å². The number of hydrogen-bond acceptors (Lipinski definition) is 2. The van der Waals surface area contributed by atoms with Gasteiger partial charge in [0, 0.05) is 12.5 Å². The van der Waals surface area contributed by atoms with Gasteiger partial charge in [0.15, 0.2) is 0 Å². The molecule has 0 saturated carbocycles. The smallest absolute Gasteiger partial charge is 1.00 e. The first kappa shape index (κ1) is 36.4. The standard InChI is InChI=1S/C36H58O2.Na.H/c1-2-3-4-5-6-7-8-9-10-11-12-13-14-15-16-23-30-37-32-36(29-28-34-24-19-17-20-25-34)33-38-31-35-26-21-18-22-27-35;;/h17-22,24-27,36H,2-16,23,28-33H2,1H3;;/q;+1;-1/t36-;;/m1../s1. The minimum absolute atomic E-state index is 0. The Hall–Kier alpha value is -0.640. The van der Waals surface area contributed by atoms with Crippen molar-refractivity contribution in [3.8, 4) is 0 Å². The summed E-state index contributed by atoms with van der Waals surface area (Å²) in [5.74, 6) is 0.444. The number of unbranched alkanes of at least 4 members (excludes halogenated alkanes) is 15. The van der Waals surface area contributed by atoms with Gasteiger partial charge in [-0.1, -0.05) is 164 Å². The van der Waals surface area contributed by atoms with E-state index in [4.69, 9.17) is 9.47 Å². The van der Waals surface area contributed by atoms with Crippen LogP contribution in [0.2, 0.25) is 0 Å². The maximum absolute atomic E-state index is 6.13. The molecule has 0 aliphatic heterocycles. The Kier molecular flexibility index (Phi) is 25.7. The van der Waals surface area contributed by atoms with Gasteiger partial charge in [-0.3, -0.25) is 0 Å². The zero-order valence-corrected chi connectivity index (χ0v) is 27.7. The third kappa shape index (κ3) is 21.7. The van der Waals surface area contributed by atoms with Crippen LogP contribution in [0.3, 0.4) is 0 Å². The van der Waals surface area contributed by atoms with Crippen LogP contribution in [0.25, 0.3) is 0 Å². The molecule has 0 spiro atoms. The summed E-state index contributed by atoms with van der Waals surface area (Å²) in [5.41, 5.74) is 2.64. The van der Waals surface area contributed by atoms with Crippen LogP contribution in [-0.4, -0.2) is 19.8 Å². The molecule has 0 aromatic heterocycles. The van der Waals surface area contributed by atoms with Crippen molar-refractivity contribution in [3.63, 3.8) is 0 Å². The van der Waals surface area contributed by atoms with Crippen molar-refractivity contribution in [2.24, 2.45) is 5.92 Å². The first-order valence-corrected chi connectivity index (χ1v) is 16.1. The summed E-state index contributed by atoms with van der Waals surface area (Å²) in [5, 5.41) is 0. The van der Waals surface area contributed by atoms with Crippen LogP contribution in [0.15, 0.2) is 60.7 Å². The fraction of sp³-hybridized carbons (Fsp3) is 0.667. The fourth-order valence-electron chi connectivity index (χ4n) is 5.15. The normalized spacial score (nSPS) is 11.8. The Morgan fingerprint density at radius 2 is 0.974 bits per heavy atom. The van der Waals surface area contributed by atoms with Crippen LogP contribution < -0.4 is 29.6 Å². The maximum atomic E-state index is 6.13. The van der Waals surface area contributed by atoms with Crippen molar-refractivity contribution in [2.45, 2.75) is 129 Å². The molecule has 0 fully saturated rings. The quantitative estimate of drug-likeness (QED) is 0.0884. The molecule has 2 aromatic rings. The van der Waals surface area contributed by atoms with Crippen molar-refractivity contribution in [3.05, 3.63) is 71.8 Å². The SMILES string of the molecule is CCCCCCCCCCCCCCCCCCOC[C@@H](CCc1ccccc1)COCc1ccccc1.[H-].[Na+]. The molecule has 0 saturated heterocycles. The Morgan fingerprint density at radius 3 is 1.49 bits per heavy atom. The zero-order valence-electron chi connectivity index (χ0n) is 26.7. The predicted octanol–water partition coefficient (Wildman–Crippen LogP) is 7.85. The fourth-order valence-corrected chi connectivity index (χ4v) is 5.15. The second-order valence-electron chi connectivity index (χ2n) is 11.3. The molecular weight excluding hydrogens is 487 g/mol. The molecule has 1 atom stereocenters. The van der Waals surface area contributed by atoms with Gasteiger partial charge < -0.3 is 10.9 Å². The van der Waals surface area contributed by atoms with E-state index >= 15 is 0 Å². The Bertz CT molecular complexity index is 743. The van der Waals surface area contributed by atoms with Gasteiger partial charge in [-0.2, -0.15) is 0 Å². The number of aryl methyl sites for hydroxylation is 1. The topological polar surface area (TPSA) is 18.5 Å². The van der Waals surface area contributed by atoms with Crippen LogP contribution in [0, 0.1) is 5.92 Å². The molecule has 2 nitrogen and oxygen atoms in total. The molecule has 0 bridgehead atoms. The van der Waals surface area contributed by atoms with Gasteiger partial charge in [0.1, 0.15) is 0 Å². The predicted molar refractivity (Wildman–Crippen MR) is 166 cm³/mol. The molecule has 216 valence electrons. The summed E-state index contributed by atoms with van der Waals surface area (Å²) in [7, 11) is 0. The van der Waals surface area contributed by atoms with Gasteiger partial charge >= 0.3 is 29.6 Å². The van der Waals surface area contributed by atoms with Crippen LogP contribution in [0.5, 0.6) is 0 Å². The van der Waals surface area contributed by atoms with E-state index in [0.717, 1.165) is 32.7 Å². The molecule has 0 radical (unpaired) electrons. The summed E-state index contributed by atoms with van der Waals surface area (Å²) in [4.78, 5) is 0. The summed E-state index contributed by atoms with van der Waals surface area (Å²) < 4.78 is 12.2. The molecule has 3 heteroatoms. The van der Waals surface area contributed by atoms with Crippen molar-refractivity contribution >= 4 is 0 Å². The molecule has 0 amide bonds. The molecular formula is C36H59NaO2. The molecule has 39 heavy (non-hydrogen) atoms. The van der Waals surface area contributed by atoms with Gasteiger partial charge in [-0.05, 0) is 30.4 Å². The Labute approximate surface area is 265 Å². The third-order valence-electron chi connectivity index (χ3n) is 7.64. The van der Waals surface area contributed by atoms with E-state index in [1.807, 2.05) is 0 Å². The van der Waals surface area contributed by atoms with Crippen LogP contribution in [-0.2, 0) is 22.5 Å². The average molecular weight is 547 g/mol. The van der Waals surface area contributed by atoms with Gasteiger partial charge in [0.05, 0.1) is 19.8 Å². The van der Waals surface area contributed by atoms with E-state index in [1.165, 1.54) is 114 Å². The van der Waals surface area contributed by atoms with Gasteiger partial charge in [-0.15, -0.1) is 0 Å². The summed E-state index contributed by atoms with van der Waals surface area (Å²) in [6.45, 7) is 5.44. The Balaban J connectivity index is 0.00000760. The van der Waals surface area contributed by atoms with Crippen LogP contribution in [0.4, 0.5) is 0 Å². The molecule has 0 unspecified atom stereocenters. The van der Waals surface area contributed by atoms with E-state index in [1.54, 1.807) is 0 Å². The molecule has 2 rings (SSSR count). The molecule has 0 heterocycles. The van der Waals surface area contributed by atoms with E-state index in [2.05, 4.69) is 67.6 Å². The largest absolute Gasteiger partial charge is 1.00 e. The summed E-state index contributed by atoms with van der Waals surface area (Å²) in [6, 6.07) is 21.3.